The van der Waals surface area contributed by atoms with Gasteiger partial charge in [0.1, 0.15) is 5.82 Å². The van der Waals surface area contributed by atoms with Crippen LogP contribution in [0.5, 0.6) is 0 Å². The molecule has 0 spiro atoms. The van der Waals surface area contributed by atoms with E-state index < -0.39 is 0 Å². The van der Waals surface area contributed by atoms with E-state index in [9.17, 15) is 4.79 Å². The molecule has 0 saturated carbocycles. The predicted molar refractivity (Wildman–Crippen MR) is 89.6 cm³/mol. The molecule has 0 unspecified atom stereocenters. The van der Waals surface area contributed by atoms with Gasteiger partial charge in [0.05, 0.1) is 13.2 Å². The molecule has 2 aromatic rings. The Morgan fingerprint density at radius 2 is 1.91 bits per heavy atom. The molecule has 1 fully saturated rings. The fourth-order valence-corrected chi connectivity index (χ4v) is 2.49. The van der Waals surface area contributed by atoms with Crippen molar-refractivity contribution in [2.24, 2.45) is 0 Å². The summed E-state index contributed by atoms with van der Waals surface area (Å²) < 4.78 is 5.34. The van der Waals surface area contributed by atoms with Gasteiger partial charge in [0.15, 0.2) is 0 Å². The van der Waals surface area contributed by atoms with Crippen molar-refractivity contribution >= 4 is 11.7 Å². The van der Waals surface area contributed by atoms with E-state index in [-0.39, 0.29) is 5.91 Å². The van der Waals surface area contributed by atoms with E-state index in [1.54, 1.807) is 0 Å². The largest absolute Gasteiger partial charge is 0.378 e. The van der Waals surface area contributed by atoms with Gasteiger partial charge in [-0.2, -0.15) is 0 Å². The van der Waals surface area contributed by atoms with Crippen LogP contribution in [0, 0.1) is 6.92 Å². The summed E-state index contributed by atoms with van der Waals surface area (Å²) >= 11 is 0. The van der Waals surface area contributed by atoms with Gasteiger partial charge in [-0.3, -0.25) is 4.79 Å². The molecule has 2 heterocycles. The maximum atomic E-state index is 12.1. The molecule has 1 N–H and O–H groups in total. The Labute approximate surface area is 136 Å². The number of amides is 1. The molecule has 0 atom stereocenters. The maximum Gasteiger partial charge on any atom is 0.251 e. The highest BCUT2D eigenvalue weighted by atomic mass is 16.5. The number of aryl methyl sites for hydroxylation is 1. The number of hydrogen-bond donors (Lipinski definition) is 1. The molecule has 1 aliphatic rings. The molecule has 5 nitrogen and oxygen atoms in total. The van der Waals surface area contributed by atoms with Crippen LogP contribution in [0.15, 0.2) is 42.6 Å². The third-order valence-electron chi connectivity index (χ3n) is 3.91. The summed E-state index contributed by atoms with van der Waals surface area (Å²) in [5, 5.41) is 2.92. The van der Waals surface area contributed by atoms with Crippen LogP contribution in [0.1, 0.15) is 21.5 Å². The van der Waals surface area contributed by atoms with Crippen molar-refractivity contribution in [3.05, 3.63) is 59.3 Å². The van der Waals surface area contributed by atoms with Crippen molar-refractivity contribution in [2.75, 3.05) is 31.2 Å². The first-order valence-electron chi connectivity index (χ1n) is 7.85. The third-order valence-corrected chi connectivity index (χ3v) is 3.91. The van der Waals surface area contributed by atoms with Gasteiger partial charge in [0.25, 0.3) is 5.91 Å². The molecule has 5 heteroatoms. The normalized spacial score (nSPS) is 14.6. The highest BCUT2D eigenvalue weighted by Gasteiger charge is 2.12. The average molecular weight is 311 g/mol. The summed E-state index contributed by atoms with van der Waals surface area (Å²) in [7, 11) is 0. The van der Waals surface area contributed by atoms with E-state index in [2.05, 4.69) is 15.2 Å². The second-order valence-electron chi connectivity index (χ2n) is 5.67. The minimum atomic E-state index is -0.0674. The second-order valence-corrected chi connectivity index (χ2v) is 5.67. The zero-order valence-corrected chi connectivity index (χ0v) is 13.3. The van der Waals surface area contributed by atoms with Crippen LogP contribution >= 0.6 is 0 Å². The fourth-order valence-electron chi connectivity index (χ4n) is 2.49. The minimum absolute atomic E-state index is 0.0674. The molecule has 120 valence electrons. The SMILES string of the molecule is Cc1ccc(C(=O)NCc2ccc(N3CCOCC3)nc2)cc1. The Morgan fingerprint density at radius 1 is 1.17 bits per heavy atom. The first-order chi connectivity index (χ1) is 11.2. The van der Waals surface area contributed by atoms with E-state index >= 15 is 0 Å². The highest BCUT2D eigenvalue weighted by Crippen LogP contribution is 2.13. The third kappa shape index (κ3) is 4.07. The quantitative estimate of drug-likeness (QED) is 0.940. The number of aromatic nitrogens is 1. The average Bonchev–Trinajstić information content (AvgIpc) is 2.61. The number of rotatable bonds is 4. The summed E-state index contributed by atoms with van der Waals surface area (Å²) in [4.78, 5) is 18.8. The van der Waals surface area contributed by atoms with E-state index in [0.717, 1.165) is 43.2 Å². The number of nitrogens with one attached hydrogen (secondary N) is 1. The monoisotopic (exact) mass is 311 g/mol. The van der Waals surface area contributed by atoms with Crippen molar-refractivity contribution in [3.63, 3.8) is 0 Å². The lowest BCUT2D eigenvalue weighted by Gasteiger charge is -2.27. The molecule has 23 heavy (non-hydrogen) atoms. The lowest BCUT2D eigenvalue weighted by molar-refractivity contribution is 0.0951. The van der Waals surface area contributed by atoms with Crippen LogP contribution in [-0.2, 0) is 11.3 Å². The smallest absolute Gasteiger partial charge is 0.251 e. The lowest BCUT2D eigenvalue weighted by atomic mass is 10.1. The van der Waals surface area contributed by atoms with Gasteiger partial charge < -0.3 is 15.0 Å². The number of hydrogen-bond acceptors (Lipinski definition) is 4. The zero-order chi connectivity index (χ0) is 16.1. The summed E-state index contributed by atoms with van der Waals surface area (Å²) in [6.07, 6.45) is 1.82. The molecule has 0 aliphatic carbocycles. The van der Waals surface area contributed by atoms with Crippen LogP contribution < -0.4 is 10.2 Å². The van der Waals surface area contributed by atoms with Crippen molar-refractivity contribution in [2.45, 2.75) is 13.5 Å². The van der Waals surface area contributed by atoms with Gasteiger partial charge in [0.2, 0.25) is 0 Å². The van der Waals surface area contributed by atoms with Crippen LogP contribution in [0.3, 0.4) is 0 Å². The second kappa shape index (κ2) is 7.24. The topological polar surface area (TPSA) is 54.5 Å². The van der Waals surface area contributed by atoms with Gasteiger partial charge in [-0.1, -0.05) is 23.8 Å². The van der Waals surface area contributed by atoms with Gasteiger partial charge in [-0.05, 0) is 30.7 Å². The summed E-state index contributed by atoms with van der Waals surface area (Å²) in [6, 6.07) is 11.6. The van der Waals surface area contributed by atoms with Crippen molar-refractivity contribution in [1.82, 2.24) is 10.3 Å². The Hall–Kier alpha value is -2.40. The minimum Gasteiger partial charge on any atom is -0.378 e. The van der Waals surface area contributed by atoms with Crippen LogP contribution in [0.25, 0.3) is 0 Å². The number of benzene rings is 1. The molecule has 0 radical (unpaired) electrons. The molecule has 1 saturated heterocycles. The first-order valence-corrected chi connectivity index (χ1v) is 7.85. The number of morpholine rings is 1. The lowest BCUT2D eigenvalue weighted by Crippen LogP contribution is -2.36. The maximum absolute atomic E-state index is 12.1. The molecular formula is C18H21N3O2. The predicted octanol–water partition coefficient (Wildman–Crippen LogP) is 2.16. The molecule has 1 amide bonds. The molecule has 0 bridgehead atoms. The van der Waals surface area contributed by atoms with E-state index in [1.807, 2.05) is 49.5 Å². The van der Waals surface area contributed by atoms with E-state index in [0.29, 0.717) is 12.1 Å². The Kier molecular flexibility index (Phi) is 4.88. The Bertz CT molecular complexity index is 647. The van der Waals surface area contributed by atoms with Gasteiger partial charge in [-0.25, -0.2) is 4.98 Å². The molecule has 1 aliphatic heterocycles. The summed E-state index contributed by atoms with van der Waals surface area (Å²) in [5.74, 6) is 0.893. The van der Waals surface area contributed by atoms with Crippen LogP contribution in [-0.4, -0.2) is 37.2 Å². The summed E-state index contributed by atoms with van der Waals surface area (Å²) in [5.41, 5.74) is 2.81. The molecule has 1 aromatic heterocycles. The number of pyridine rings is 1. The van der Waals surface area contributed by atoms with E-state index in [1.165, 1.54) is 0 Å². The van der Waals surface area contributed by atoms with E-state index in [4.69, 9.17) is 4.74 Å². The zero-order valence-electron chi connectivity index (χ0n) is 13.3. The van der Waals surface area contributed by atoms with Crippen molar-refractivity contribution in [1.29, 1.82) is 0 Å². The van der Waals surface area contributed by atoms with Gasteiger partial charge in [0, 0.05) is 31.4 Å². The Balaban J connectivity index is 1.55. The fraction of sp³-hybridized carbons (Fsp3) is 0.333. The summed E-state index contributed by atoms with van der Waals surface area (Å²) in [6.45, 7) is 5.71. The van der Waals surface area contributed by atoms with Crippen LogP contribution in [0.4, 0.5) is 5.82 Å². The van der Waals surface area contributed by atoms with Gasteiger partial charge >= 0.3 is 0 Å². The van der Waals surface area contributed by atoms with Crippen molar-refractivity contribution < 1.29 is 9.53 Å². The number of carbonyl (C=O) groups is 1. The van der Waals surface area contributed by atoms with Gasteiger partial charge in [-0.15, -0.1) is 0 Å². The number of nitrogens with zero attached hydrogens (tertiary/aromatic N) is 2. The molecule has 1 aromatic carbocycles. The number of anilines is 1. The van der Waals surface area contributed by atoms with Crippen LogP contribution in [0.2, 0.25) is 0 Å². The molecular weight excluding hydrogens is 290 g/mol. The highest BCUT2D eigenvalue weighted by molar-refractivity contribution is 5.94. The standard InChI is InChI=1S/C18H21N3O2/c1-14-2-5-16(6-3-14)18(22)20-13-15-4-7-17(19-12-15)21-8-10-23-11-9-21/h2-7,12H,8-11,13H2,1H3,(H,20,22). The van der Waals surface area contributed by atoms with Crippen molar-refractivity contribution in [3.8, 4) is 0 Å². The first kappa shape index (κ1) is 15.5. The Morgan fingerprint density at radius 3 is 2.57 bits per heavy atom. The molecule has 3 rings (SSSR count). The number of ether oxygens (including phenoxy) is 1. The number of carbonyl (C=O) groups excluding carboxylic acids is 1.